The first kappa shape index (κ1) is 18.5. The van der Waals surface area contributed by atoms with Crippen LogP contribution in [0.15, 0.2) is 72.8 Å². The summed E-state index contributed by atoms with van der Waals surface area (Å²) >= 11 is 5.95. The molecular weight excluding hydrogens is 364 g/mol. The Morgan fingerprint density at radius 3 is 2.19 bits per heavy atom. The zero-order chi connectivity index (χ0) is 19.2. The van der Waals surface area contributed by atoms with E-state index in [0.717, 1.165) is 0 Å². The van der Waals surface area contributed by atoms with Crippen LogP contribution in [0.2, 0.25) is 5.02 Å². The quantitative estimate of drug-likeness (QED) is 0.671. The van der Waals surface area contributed by atoms with E-state index in [0.29, 0.717) is 33.3 Å². The van der Waals surface area contributed by atoms with Gasteiger partial charge in [-0.1, -0.05) is 29.8 Å². The van der Waals surface area contributed by atoms with Gasteiger partial charge in [-0.05, 0) is 54.6 Å². The third kappa shape index (κ3) is 4.65. The second-order valence-corrected chi connectivity index (χ2v) is 6.10. The monoisotopic (exact) mass is 380 g/mol. The number of carbonyl (C=O) groups is 2. The minimum absolute atomic E-state index is 0.294. The lowest BCUT2D eigenvalue weighted by Gasteiger charge is -2.11. The van der Waals surface area contributed by atoms with Crippen LogP contribution in [0.25, 0.3) is 0 Å². The number of rotatable bonds is 5. The number of halogens is 1. The van der Waals surface area contributed by atoms with Gasteiger partial charge in [0.1, 0.15) is 11.5 Å². The van der Waals surface area contributed by atoms with Gasteiger partial charge in [-0.2, -0.15) is 0 Å². The Morgan fingerprint density at radius 1 is 0.852 bits per heavy atom. The average molecular weight is 381 g/mol. The molecule has 0 bridgehead atoms. The van der Waals surface area contributed by atoms with Crippen molar-refractivity contribution in [3.05, 3.63) is 88.9 Å². The van der Waals surface area contributed by atoms with E-state index >= 15 is 0 Å². The molecule has 3 rings (SSSR count). The number of nitrogens with one attached hydrogen (secondary N) is 2. The Balaban J connectivity index is 1.74. The number of ether oxygens (including phenoxy) is 1. The summed E-state index contributed by atoms with van der Waals surface area (Å²) in [4.78, 5) is 24.5. The lowest BCUT2D eigenvalue weighted by Crippen LogP contribution is -2.21. The van der Waals surface area contributed by atoms with Gasteiger partial charge in [0, 0.05) is 17.6 Å². The predicted octanol–water partition coefficient (Wildman–Crippen LogP) is 4.74. The summed E-state index contributed by atoms with van der Waals surface area (Å²) in [5.41, 5.74) is 1.11. The number of hydrogen-bond donors (Lipinski definition) is 2. The molecule has 0 aliphatic carbocycles. The molecule has 0 saturated carbocycles. The standard InChI is InChI=1S/C21H17ClN2O3/c1-23-21(26)18-13-15(22)9-12-19(18)24-20(25)14-7-10-17(11-8-14)27-16-5-3-2-4-6-16/h2-13H,1H3,(H,23,26)(H,24,25). The maximum atomic E-state index is 12.5. The molecule has 5 nitrogen and oxygen atoms in total. The molecule has 2 amide bonds. The normalized spacial score (nSPS) is 10.1. The molecule has 6 heteroatoms. The van der Waals surface area contributed by atoms with Gasteiger partial charge >= 0.3 is 0 Å². The molecule has 3 aromatic carbocycles. The van der Waals surface area contributed by atoms with Gasteiger partial charge in [-0.3, -0.25) is 9.59 Å². The minimum atomic E-state index is -0.339. The molecule has 0 aromatic heterocycles. The number of amides is 2. The lowest BCUT2D eigenvalue weighted by molar-refractivity contribution is 0.0964. The van der Waals surface area contributed by atoms with Crippen LogP contribution in [-0.2, 0) is 0 Å². The summed E-state index contributed by atoms with van der Waals surface area (Å²) in [6.07, 6.45) is 0. The SMILES string of the molecule is CNC(=O)c1cc(Cl)ccc1NC(=O)c1ccc(Oc2ccccc2)cc1. The Kier molecular flexibility index (Phi) is 5.74. The summed E-state index contributed by atoms with van der Waals surface area (Å²) in [6.45, 7) is 0. The number of para-hydroxylation sites is 1. The highest BCUT2D eigenvalue weighted by Crippen LogP contribution is 2.23. The lowest BCUT2D eigenvalue weighted by atomic mass is 10.1. The molecule has 3 aromatic rings. The summed E-state index contributed by atoms with van der Waals surface area (Å²) in [7, 11) is 1.51. The number of carbonyl (C=O) groups excluding carboxylic acids is 2. The summed E-state index contributed by atoms with van der Waals surface area (Å²) in [5, 5.41) is 5.68. The maximum absolute atomic E-state index is 12.5. The molecule has 0 heterocycles. The van der Waals surface area contributed by atoms with Crippen LogP contribution in [-0.4, -0.2) is 18.9 Å². The molecule has 0 aliphatic rings. The first-order valence-electron chi connectivity index (χ1n) is 8.23. The van der Waals surface area contributed by atoms with Crippen LogP contribution in [0.3, 0.4) is 0 Å². The van der Waals surface area contributed by atoms with Gasteiger partial charge in [0.2, 0.25) is 0 Å². The number of benzene rings is 3. The number of hydrogen-bond acceptors (Lipinski definition) is 3. The number of anilines is 1. The fourth-order valence-corrected chi connectivity index (χ4v) is 2.61. The summed E-state index contributed by atoms with van der Waals surface area (Å²) in [6, 6.07) is 20.8. The highest BCUT2D eigenvalue weighted by molar-refractivity contribution is 6.31. The first-order chi connectivity index (χ1) is 13.1. The highest BCUT2D eigenvalue weighted by Gasteiger charge is 2.14. The van der Waals surface area contributed by atoms with Crippen molar-refractivity contribution in [1.82, 2.24) is 5.32 Å². The third-order valence-electron chi connectivity index (χ3n) is 3.80. The van der Waals surface area contributed by atoms with E-state index < -0.39 is 0 Å². The molecule has 0 unspecified atom stereocenters. The Bertz CT molecular complexity index is 957. The fraction of sp³-hybridized carbons (Fsp3) is 0.0476. The van der Waals surface area contributed by atoms with Gasteiger partial charge in [0.25, 0.3) is 11.8 Å². The van der Waals surface area contributed by atoms with E-state index in [2.05, 4.69) is 10.6 Å². The molecule has 0 atom stereocenters. The van der Waals surface area contributed by atoms with Crippen molar-refractivity contribution >= 4 is 29.1 Å². The molecule has 0 saturated heterocycles. The van der Waals surface area contributed by atoms with Gasteiger partial charge in [-0.25, -0.2) is 0 Å². The fourth-order valence-electron chi connectivity index (χ4n) is 2.44. The summed E-state index contributed by atoms with van der Waals surface area (Å²) < 4.78 is 5.71. The van der Waals surface area contributed by atoms with E-state index in [1.54, 1.807) is 36.4 Å². The van der Waals surface area contributed by atoms with Crippen molar-refractivity contribution in [3.8, 4) is 11.5 Å². The van der Waals surface area contributed by atoms with E-state index in [1.165, 1.54) is 13.1 Å². The zero-order valence-corrected chi connectivity index (χ0v) is 15.3. The van der Waals surface area contributed by atoms with E-state index in [4.69, 9.17) is 16.3 Å². The third-order valence-corrected chi connectivity index (χ3v) is 4.03. The summed E-state index contributed by atoms with van der Waals surface area (Å²) in [5.74, 6) is 0.662. The average Bonchev–Trinajstić information content (AvgIpc) is 2.70. The molecule has 2 N–H and O–H groups in total. The Labute approximate surface area is 161 Å². The van der Waals surface area contributed by atoms with E-state index in [1.807, 2.05) is 30.3 Å². The first-order valence-corrected chi connectivity index (χ1v) is 8.60. The van der Waals surface area contributed by atoms with Gasteiger partial charge in [-0.15, -0.1) is 0 Å². The molecule has 27 heavy (non-hydrogen) atoms. The van der Waals surface area contributed by atoms with Crippen molar-refractivity contribution in [2.24, 2.45) is 0 Å². The van der Waals surface area contributed by atoms with E-state index in [-0.39, 0.29) is 11.8 Å². The molecule has 0 aliphatic heterocycles. The van der Waals surface area contributed by atoms with Crippen molar-refractivity contribution in [1.29, 1.82) is 0 Å². The van der Waals surface area contributed by atoms with Crippen LogP contribution < -0.4 is 15.4 Å². The van der Waals surface area contributed by atoms with Gasteiger partial charge < -0.3 is 15.4 Å². The molecular formula is C21H17ClN2O3. The predicted molar refractivity (Wildman–Crippen MR) is 106 cm³/mol. The van der Waals surface area contributed by atoms with Gasteiger partial charge in [0.15, 0.2) is 0 Å². The van der Waals surface area contributed by atoms with Crippen LogP contribution in [0.1, 0.15) is 20.7 Å². The van der Waals surface area contributed by atoms with Crippen molar-refractivity contribution < 1.29 is 14.3 Å². The van der Waals surface area contributed by atoms with Crippen LogP contribution in [0.4, 0.5) is 5.69 Å². The Hall–Kier alpha value is -3.31. The van der Waals surface area contributed by atoms with Crippen LogP contribution in [0.5, 0.6) is 11.5 Å². The largest absolute Gasteiger partial charge is 0.457 e. The second kappa shape index (κ2) is 8.38. The highest BCUT2D eigenvalue weighted by atomic mass is 35.5. The zero-order valence-electron chi connectivity index (χ0n) is 14.5. The van der Waals surface area contributed by atoms with Crippen molar-refractivity contribution in [3.63, 3.8) is 0 Å². The topological polar surface area (TPSA) is 67.4 Å². The Morgan fingerprint density at radius 2 is 1.52 bits per heavy atom. The molecule has 0 spiro atoms. The molecule has 136 valence electrons. The van der Waals surface area contributed by atoms with Crippen LogP contribution in [0, 0.1) is 0 Å². The van der Waals surface area contributed by atoms with Crippen molar-refractivity contribution in [2.45, 2.75) is 0 Å². The smallest absolute Gasteiger partial charge is 0.255 e. The minimum Gasteiger partial charge on any atom is -0.457 e. The second-order valence-electron chi connectivity index (χ2n) is 5.66. The van der Waals surface area contributed by atoms with E-state index in [9.17, 15) is 9.59 Å². The van der Waals surface area contributed by atoms with Crippen molar-refractivity contribution in [2.75, 3.05) is 12.4 Å². The molecule has 0 radical (unpaired) electrons. The maximum Gasteiger partial charge on any atom is 0.255 e. The van der Waals surface area contributed by atoms with Crippen LogP contribution >= 0.6 is 11.6 Å². The molecule has 0 fully saturated rings. The van der Waals surface area contributed by atoms with Gasteiger partial charge in [0.05, 0.1) is 11.3 Å².